The second kappa shape index (κ2) is 8.88. The lowest BCUT2D eigenvalue weighted by Gasteiger charge is -2.10. The maximum Gasteiger partial charge on any atom is 0.323 e. The van der Waals surface area contributed by atoms with E-state index in [0.717, 1.165) is 6.07 Å². The summed E-state index contributed by atoms with van der Waals surface area (Å²) in [6, 6.07) is 14.8. The summed E-state index contributed by atoms with van der Waals surface area (Å²) in [6.45, 7) is 0. The number of hydrogen-bond acceptors (Lipinski definition) is 6. The van der Waals surface area contributed by atoms with E-state index in [9.17, 15) is 25.0 Å². The van der Waals surface area contributed by atoms with Crippen LogP contribution in [0.1, 0.15) is 0 Å². The number of nitrogens with one attached hydrogen (secondary N) is 2. The van der Waals surface area contributed by atoms with E-state index in [1.807, 2.05) is 0 Å². The van der Waals surface area contributed by atoms with E-state index in [1.54, 1.807) is 24.3 Å². The molecule has 30 heavy (non-hydrogen) atoms. The lowest BCUT2D eigenvalue weighted by molar-refractivity contribution is -0.385. The number of hydrogen-bond donors (Lipinski definition) is 2. The number of nitrogens with zero attached hydrogens (tertiary/aromatic N) is 2. The number of halogens is 1. The van der Waals surface area contributed by atoms with E-state index in [-0.39, 0.29) is 22.8 Å². The van der Waals surface area contributed by atoms with Crippen LogP contribution in [0.3, 0.4) is 0 Å². The van der Waals surface area contributed by atoms with Crippen LogP contribution in [0.4, 0.5) is 27.5 Å². The summed E-state index contributed by atoms with van der Waals surface area (Å²) in [7, 11) is 0. The van der Waals surface area contributed by atoms with Gasteiger partial charge in [0.1, 0.15) is 5.75 Å². The van der Waals surface area contributed by atoms with Crippen LogP contribution in [0.2, 0.25) is 5.02 Å². The quantitative estimate of drug-likeness (QED) is 0.387. The van der Waals surface area contributed by atoms with E-state index >= 15 is 0 Å². The van der Waals surface area contributed by atoms with Gasteiger partial charge in [0.2, 0.25) is 5.75 Å². The van der Waals surface area contributed by atoms with E-state index in [1.165, 1.54) is 36.4 Å². The summed E-state index contributed by atoms with van der Waals surface area (Å²) in [5.74, 6) is 0.350. The first-order valence-electron chi connectivity index (χ1n) is 8.36. The number of carbonyl (C=O) groups excluding carboxylic acids is 1. The third-order valence-corrected chi connectivity index (χ3v) is 4.04. The number of benzene rings is 3. The highest BCUT2D eigenvalue weighted by atomic mass is 35.5. The number of non-ortho nitro benzene ring substituents is 1. The van der Waals surface area contributed by atoms with Gasteiger partial charge in [-0.25, -0.2) is 4.79 Å². The molecule has 0 saturated heterocycles. The SMILES string of the molecule is O=C(Nc1ccc([N+](=O)[O-])cc1)Nc1ccc(Oc2ccc(Cl)cc2)c([N+](=O)[O-])c1. The highest BCUT2D eigenvalue weighted by Gasteiger charge is 2.18. The molecule has 0 aliphatic heterocycles. The first kappa shape index (κ1) is 20.6. The molecule has 0 bridgehead atoms. The van der Waals surface area contributed by atoms with Crippen molar-refractivity contribution in [3.8, 4) is 11.5 Å². The normalized spacial score (nSPS) is 10.2. The van der Waals surface area contributed by atoms with E-state index in [4.69, 9.17) is 16.3 Å². The van der Waals surface area contributed by atoms with Crippen molar-refractivity contribution in [2.45, 2.75) is 0 Å². The van der Waals surface area contributed by atoms with Crippen LogP contribution in [-0.4, -0.2) is 15.9 Å². The Balaban J connectivity index is 1.72. The molecule has 0 radical (unpaired) electrons. The predicted octanol–water partition coefficient (Wildman–Crippen LogP) is 5.59. The minimum Gasteiger partial charge on any atom is -0.450 e. The van der Waals surface area contributed by atoms with Crippen molar-refractivity contribution >= 4 is 40.4 Å². The van der Waals surface area contributed by atoms with Gasteiger partial charge < -0.3 is 15.4 Å². The molecule has 11 heteroatoms. The molecule has 0 aliphatic carbocycles. The molecule has 0 fully saturated rings. The van der Waals surface area contributed by atoms with Crippen molar-refractivity contribution in [3.63, 3.8) is 0 Å². The fraction of sp³-hybridized carbons (Fsp3) is 0. The Morgan fingerprint density at radius 2 is 1.43 bits per heavy atom. The predicted molar refractivity (Wildman–Crippen MR) is 110 cm³/mol. The lowest BCUT2D eigenvalue weighted by atomic mass is 10.2. The first-order valence-corrected chi connectivity index (χ1v) is 8.74. The van der Waals surface area contributed by atoms with Gasteiger partial charge in [0.25, 0.3) is 5.69 Å². The number of anilines is 2. The minimum atomic E-state index is -0.676. The molecule has 3 rings (SSSR count). The molecular weight excluding hydrogens is 416 g/mol. The van der Waals surface area contributed by atoms with Gasteiger partial charge in [-0.1, -0.05) is 11.6 Å². The zero-order chi connectivity index (χ0) is 21.7. The molecule has 0 aromatic heterocycles. The van der Waals surface area contributed by atoms with Crippen LogP contribution in [0.15, 0.2) is 66.7 Å². The van der Waals surface area contributed by atoms with Crippen LogP contribution < -0.4 is 15.4 Å². The summed E-state index contributed by atoms with van der Waals surface area (Å²) in [6.07, 6.45) is 0. The topological polar surface area (TPSA) is 137 Å². The second-order valence-electron chi connectivity index (χ2n) is 5.88. The standard InChI is InChI=1S/C19H13ClN4O6/c20-12-1-8-16(9-2-12)30-18-10-5-14(11-17(18)24(28)29)22-19(25)21-13-3-6-15(7-4-13)23(26)27/h1-11H,(H2,21,22,25). The van der Waals surface area contributed by atoms with Gasteiger partial charge in [0.15, 0.2) is 0 Å². The zero-order valence-corrected chi connectivity index (χ0v) is 15.8. The molecule has 0 aliphatic rings. The number of urea groups is 1. The maximum atomic E-state index is 12.1. The highest BCUT2D eigenvalue weighted by Crippen LogP contribution is 2.34. The average Bonchev–Trinajstić information content (AvgIpc) is 2.71. The van der Waals surface area contributed by atoms with Crippen LogP contribution in [0.25, 0.3) is 0 Å². The molecule has 0 spiro atoms. The smallest absolute Gasteiger partial charge is 0.323 e. The van der Waals surface area contributed by atoms with Crippen LogP contribution in [0, 0.1) is 20.2 Å². The molecular formula is C19H13ClN4O6. The fourth-order valence-electron chi connectivity index (χ4n) is 2.41. The van der Waals surface area contributed by atoms with Gasteiger partial charge in [-0.2, -0.15) is 0 Å². The number of rotatable bonds is 6. The molecule has 3 aromatic rings. The van der Waals surface area contributed by atoms with Crippen molar-refractivity contribution in [3.05, 3.63) is 92.0 Å². The molecule has 0 atom stereocenters. The van der Waals surface area contributed by atoms with Gasteiger partial charge in [-0.15, -0.1) is 0 Å². The molecule has 0 saturated carbocycles. The third-order valence-electron chi connectivity index (χ3n) is 3.79. The van der Waals surface area contributed by atoms with Gasteiger partial charge >= 0.3 is 11.7 Å². The van der Waals surface area contributed by atoms with Gasteiger partial charge in [-0.3, -0.25) is 20.2 Å². The summed E-state index contributed by atoms with van der Waals surface area (Å²) in [5, 5.41) is 27.5. The van der Waals surface area contributed by atoms with Gasteiger partial charge in [0, 0.05) is 34.6 Å². The molecule has 0 heterocycles. The molecule has 2 N–H and O–H groups in total. The average molecular weight is 429 g/mol. The number of amides is 2. The Kier molecular flexibility index (Phi) is 6.08. The molecule has 152 valence electrons. The zero-order valence-electron chi connectivity index (χ0n) is 15.1. The van der Waals surface area contributed by atoms with Gasteiger partial charge in [0.05, 0.1) is 9.85 Å². The fourth-order valence-corrected chi connectivity index (χ4v) is 2.54. The second-order valence-corrected chi connectivity index (χ2v) is 6.32. The Labute approximate surface area is 174 Å². The van der Waals surface area contributed by atoms with Crippen LogP contribution >= 0.6 is 11.6 Å². The third kappa shape index (κ3) is 5.20. The summed E-state index contributed by atoms with van der Waals surface area (Å²) < 4.78 is 5.53. The van der Waals surface area contributed by atoms with E-state index in [0.29, 0.717) is 16.5 Å². The van der Waals surface area contributed by atoms with Crippen molar-refractivity contribution in [1.29, 1.82) is 0 Å². The van der Waals surface area contributed by atoms with Crippen molar-refractivity contribution in [2.75, 3.05) is 10.6 Å². The Morgan fingerprint density at radius 1 is 0.833 bits per heavy atom. The monoisotopic (exact) mass is 428 g/mol. The minimum absolute atomic E-state index is 0.0105. The molecule has 0 unspecified atom stereocenters. The number of nitro benzene ring substituents is 2. The van der Waals surface area contributed by atoms with E-state index in [2.05, 4.69) is 10.6 Å². The summed E-state index contributed by atoms with van der Waals surface area (Å²) >= 11 is 5.81. The Morgan fingerprint density at radius 3 is 2.03 bits per heavy atom. The number of carbonyl (C=O) groups is 1. The Bertz CT molecular complexity index is 1100. The molecule has 3 aromatic carbocycles. The molecule has 2 amide bonds. The van der Waals surface area contributed by atoms with Crippen molar-refractivity contribution in [2.24, 2.45) is 0 Å². The van der Waals surface area contributed by atoms with E-state index < -0.39 is 15.9 Å². The van der Waals surface area contributed by atoms with Gasteiger partial charge in [-0.05, 0) is 48.5 Å². The van der Waals surface area contributed by atoms with Crippen molar-refractivity contribution < 1.29 is 19.4 Å². The highest BCUT2D eigenvalue weighted by molar-refractivity contribution is 6.30. The van der Waals surface area contributed by atoms with Crippen LogP contribution in [0.5, 0.6) is 11.5 Å². The number of ether oxygens (including phenoxy) is 1. The number of nitro groups is 2. The largest absolute Gasteiger partial charge is 0.450 e. The van der Waals surface area contributed by atoms with Crippen molar-refractivity contribution in [1.82, 2.24) is 0 Å². The lowest BCUT2D eigenvalue weighted by Crippen LogP contribution is -2.19. The first-order chi connectivity index (χ1) is 14.3. The summed E-state index contributed by atoms with van der Waals surface area (Å²) in [5.41, 5.74) is 0.00537. The Hall–Kier alpha value is -4.18. The molecule has 10 nitrogen and oxygen atoms in total. The van der Waals surface area contributed by atoms with Crippen LogP contribution in [-0.2, 0) is 0 Å². The maximum absolute atomic E-state index is 12.1. The summed E-state index contributed by atoms with van der Waals surface area (Å²) in [4.78, 5) is 33.0.